The maximum atomic E-state index is 13.7. The molecule has 31 heavy (non-hydrogen) atoms. The highest BCUT2D eigenvalue weighted by atomic mass is 19.4. The number of nitrogens with two attached hydrogens (primary N) is 1. The fourth-order valence-corrected chi connectivity index (χ4v) is 4.23. The maximum absolute atomic E-state index is 13.7. The van der Waals surface area contributed by atoms with Crippen LogP contribution in [0.4, 0.5) is 24.8 Å². The number of alkyl halides is 3. The molecule has 2 aliphatic heterocycles. The quantitative estimate of drug-likeness (QED) is 0.645. The molecule has 3 aromatic heterocycles. The van der Waals surface area contributed by atoms with Crippen molar-refractivity contribution in [3.05, 3.63) is 35.7 Å². The molecule has 0 spiro atoms. The van der Waals surface area contributed by atoms with Crippen LogP contribution >= 0.6 is 0 Å². The van der Waals surface area contributed by atoms with Crippen molar-refractivity contribution in [2.45, 2.75) is 18.6 Å². The van der Waals surface area contributed by atoms with Gasteiger partial charge in [-0.05, 0) is 18.6 Å². The number of aromatic nitrogens is 4. The van der Waals surface area contributed by atoms with Crippen molar-refractivity contribution in [1.82, 2.24) is 19.6 Å². The molecule has 2 aliphatic rings. The minimum Gasteiger partial charge on any atom is -0.478 e. The molecule has 3 N–H and O–H groups in total. The second-order valence-electron chi connectivity index (χ2n) is 7.72. The van der Waals surface area contributed by atoms with Crippen molar-refractivity contribution in [2.75, 3.05) is 30.4 Å². The Bertz CT molecular complexity index is 1190. The molecule has 2 bridgehead atoms. The van der Waals surface area contributed by atoms with E-state index in [0.29, 0.717) is 31.1 Å². The van der Waals surface area contributed by atoms with E-state index in [-0.39, 0.29) is 34.7 Å². The van der Waals surface area contributed by atoms with Gasteiger partial charge in [0.25, 0.3) is 0 Å². The summed E-state index contributed by atoms with van der Waals surface area (Å²) in [6.07, 6.45) is -1.60. The van der Waals surface area contributed by atoms with Crippen molar-refractivity contribution in [1.29, 1.82) is 0 Å². The Hall–Kier alpha value is -3.41. The summed E-state index contributed by atoms with van der Waals surface area (Å²) in [4.78, 5) is 21.7. The zero-order chi connectivity index (χ0) is 21.9. The second kappa shape index (κ2) is 6.80. The topological polar surface area (TPSA) is 119 Å². The normalized spacial score (nSPS) is 21.1. The predicted molar refractivity (Wildman–Crippen MR) is 103 cm³/mol. The SMILES string of the molecule is Nc1cc(C(F)(F)F)c(-c2nc(N3CC4COCC3C4)c3cc(C(=O)O)cn3n2)cn1. The Labute approximate surface area is 173 Å². The van der Waals surface area contributed by atoms with Crippen molar-refractivity contribution in [2.24, 2.45) is 5.92 Å². The molecule has 2 saturated heterocycles. The number of fused-ring (bicyclic) bond motifs is 3. The first-order chi connectivity index (χ1) is 14.7. The number of nitrogen functional groups attached to an aromatic ring is 1. The first-order valence-corrected chi connectivity index (χ1v) is 9.52. The molecule has 5 heterocycles. The highest BCUT2D eigenvalue weighted by Crippen LogP contribution is 2.39. The Morgan fingerprint density at radius 1 is 1.29 bits per heavy atom. The van der Waals surface area contributed by atoms with E-state index in [9.17, 15) is 23.1 Å². The minimum atomic E-state index is -4.70. The number of carbonyl (C=O) groups is 1. The van der Waals surface area contributed by atoms with Crippen LogP contribution in [0.15, 0.2) is 24.5 Å². The summed E-state index contributed by atoms with van der Waals surface area (Å²) in [6.45, 7) is 1.67. The van der Waals surface area contributed by atoms with E-state index in [2.05, 4.69) is 15.1 Å². The molecule has 12 heteroatoms. The number of anilines is 2. The summed E-state index contributed by atoms with van der Waals surface area (Å²) in [5, 5.41) is 13.6. The highest BCUT2D eigenvalue weighted by molar-refractivity contribution is 5.91. The van der Waals surface area contributed by atoms with E-state index in [1.165, 1.54) is 16.8 Å². The zero-order valence-corrected chi connectivity index (χ0v) is 16.0. The molecule has 2 fully saturated rings. The van der Waals surface area contributed by atoms with Crippen LogP contribution in [0.25, 0.3) is 16.9 Å². The van der Waals surface area contributed by atoms with E-state index in [0.717, 1.165) is 18.7 Å². The number of rotatable bonds is 3. The van der Waals surface area contributed by atoms with Gasteiger partial charge >= 0.3 is 12.1 Å². The molecule has 5 rings (SSSR count). The second-order valence-corrected chi connectivity index (χ2v) is 7.72. The van der Waals surface area contributed by atoms with E-state index in [4.69, 9.17) is 10.5 Å². The van der Waals surface area contributed by atoms with Crippen LogP contribution < -0.4 is 10.6 Å². The van der Waals surface area contributed by atoms with Gasteiger partial charge in [-0.3, -0.25) is 0 Å². The maximum Gasteiger partial charge on any atom is 0.417 e. The van der Waals surface area contributed by atoms with Crippen LogP contribution in [0, 0.1) is 5.92 Å². The molecule has 0 amide bonds. The van der Waals surface area contributed by atoms with Gasteiger partial charge in [0.15, 0.2) is 11.6 Å². The first kappa shape index (κ1) is 19.5. The number of halogens is 3. The monoisotopic (exact) mass is 434 g/mol. The van der Waals surface area contributed by atoms with Crippen LogP contribution in [-0.2, 0) is 10.9 Å². The molecule has 3 aromatic rings. The van der Waals surface area contributed by atoms with E-state index < -0.39 is 17.7 Å². The minimum absolute atomic E-state index is 0.0000994. The molecule has 0 radical (unpaired) electrons. The lowest BCUT2D eigenvalue weighted by Crippen LogP contribution is -2.34. The summed E-state index contributed by atoms with van der Waals surface area (Å²) in [6, 6.07) is 2.15. The number of hydrogen-bond acceptors (Lipinski definition) is 7. The molecule has 0 aromatic carbocycles. The van der Waals surface area contributed by atoms with Crippen molar-refractivity contribution in [3.63, 3.8) is 0 Å². The van der Waals surface area contributed by atoms with Gasteiger partial charge in [0.05, 0.1) is 35.9 Å². The van der Waals surface area contributed by atoms with Gasteiger partial charge in [0, 0.05) is 24.9 Å². The van der Waals surface area contributed by atoms with E-state index in [1.807, 2.05) is 4.90 Å². The third-order valence-corrected chi connectivity index (χ3v) is 5.60. The molecule has 0 aliphatic carbocycles. The number of aromatic carboxylic acids is 1. The van der Waals surface area contributed by atoms with Crippen LogP contribution in [0.2, 0.25) is 0 Å². The number of carboxylic acids is 1. The van der Waals surface area contributed by atoms with Crippen LogP contribution in [0.3, 0.4) is 0 Å². The van der Waals surface area contributed by atoms with Gasteiger partial charge in [-0.25, -0.2) is 19.3 Å². The smallest absolute Gasteiger partial charge is 0.417 e. The van der Waals surface area contributed by atoms with Crippen LogP contribution in [-0.4, -0.2) is 56.5 Å². The number of carboxylic acid groups (broad SMARTS) is 1. The van der Waals surface area contributed by atoms with Gasteiger partial charge in [0.2, 0.25) is 0 Å². The van der Waals surface area contributed by atoms with Crippen LogP contribution in [0.5, 0.6) is 0 Å². The van der Waals surface area contributed by atoms with Gasteiger partial charge in [0.1, 0.15) is 11.3 Å². The van der Waals surface area contributed by atoms with Crippen molar-refractivity contribution >= 4 is 23.1 Å². The summed E-state index contributed by atoms with van der Waals surface area (Å²) < 4.78 is 47.8. The standard InChI is InChI=1S/C19H17F3N6O3/c20-19(21,22)13-3-15(23)24-4-12(13)16-25-17(27-5-9-1-11(27)8-31-7-9)14-2-10(18(29)30)6-28(14)26-16/h2-4,6,9,11H,1,5,7-8H2,(H2,23,24)(H,29,30). The lowest BCUT2D eigenvalue weighted by atomic mass is 10.1. The Kier molecular flexibility index (Phi) is 4.29. The highest BCUT2D eigenvalue weighted by Gasteiger charge is 2.39. The lowest BCUT2D eigenvalue weighted by Gasteiger charge is -2.26. The Morgan fingerprint density at radius 2 is 2.10 bits per heavy atom. The van der Waals surface area contributed by atoms with Crippen LogP contribution in [0.1, 0.15) is 22.3 Å². The average Bonchev–Trinajstić information content (AvgIpc) is 3.27. The number of hydrogen-bond donors (Lipinski definition) is 2. The molecular formula is C19H17F3N6O3. The zero-order valence-electron chi connectivity index (χ0n) is 16.0. The molecule has 2 atom stereocenters. The molecular weight excluding hydrogens is 417 g/mol. The Balaban J connectivity index is 1.73. The van der Waals surface area contributed by atoms with Crippen molar-refractivity contribution < 1.29 is 27.8 Å². The number of pyridine rings is 1. The molecule has 0 saturated carbocycles. The van der Waals surface area contributed by atoms with Gasteiger partial charge < -0.3 is 20.5 Å². The number of nitrogens with zero attached hydrogens (tertiary/aromatic N) is 5. The van der Waals surface area contributed by atoms with E-state index in [1.54, 1.807) is 0 Å². The fraction of sp³-hybridized carbons (Fsp3) is 0.368. The molecule has 2 unspecified atom stereocenters. The largest absolute Gasteiger partial charge is 0.478 e. The van der Waals surface area contributed by atoms with Gasteiger partial charge in [-0.15, -0.1) is 5.10 Å². The summed E-state index contributed by atoms with van der Waals surface area (Å²) >= 11 is 0. The summed E-state index contributed by atoms with van der Waals surface area (Å²) in [5.74, 6) is -1.05. The molecule has 162 valence electrons. The lowest BCUT2D eigenvalue weighted by molar-refractivity contribution is -0.137. The molecule has 9 nitrogen and oxygen atoms in total. The average molecular weight is 434 g/mol. The van der Waals surface area contributed by atoms with E-state index >= 15 is 0 Å². The number of ether oxygens (including phenoxy) is 1. The van der Waals surface area contributed by atoms with Gasteiger partial charge in [-0.1, -0.05) is 0 Å². The Morgan fingerprint density at radius 3 is 2.81 bits per heavy atom. The summed E-state index contributed by atoms with van der Waals surface area (Å²) in [5.41, 5.74) is 4.47. The van der Waals surface area contributed by atoms with Gasteiger partial charge in [-0.2, -0.15) is 13.2 Å². The first-order valence-electron chi connectivity index (χ1n) is 9.52. The van der Waals surface area contributed by atoms with Crippen molar-refractivity contribution in [3.8, 4) is 11.4 Å². The third kappa shape index (κ3) is 3.32. The third-order valence-electron chi connectivity index (χ3n) is 5.60. The fourth-order valence-electron chi connectivity index (χ4n) is 4.23. The predicted octanol–water partition coefficient (Wildman–Crippen LogP) is 2.32. The summed E-state index contributed by atoms with van der Waals surface area (Å²) in [7, 11) is 0.